The van der Waals surface area contributed by atoms with E-state index in [-0.39, 0.29) is 18.4 Å². The van der Waals surface area contributed by atoms with Crippen LogP contribution in [0.5, 0.6) is 0 Å². The first-order valence-corrected chi connectivity index (χ1v) is 9.71. The highest BCUT2D eigenvalue weighted by Crippen LogP contribution is 2.32. The summed E-state index contributed by atoms with van der Waals surface area (Å²) >= 11 is 0. The largest absolute Gasteiger partial charge is 0.354 e. The lowest BCUT2D eigenvalue weighted by atomic mass is 9.87. The molecule has 0 aromatic heterocycles. The summed E-state index contributed by atoms with van der Waals surface area (Å²) in [5, 5.41) is 5.62. The third-order valence-corrected chi connectivity index (χ3v) is 5.43. The Kier molecular flexibility index (Phi) is 5.94. The Hall–Kier alpha value is -2.63. The highest BCUT2D eigenvalue weighted by Gasteiger charge is 2.51. The first-order chi connectivity index (χ1) is 13.1. The molecule has 3 rings (SSSR count). The van der Waals surface area contributed by atoms with Crippen molar-refractivity contribution in [3.63, 3.8) is 0 Å². The third kappa shape index (κ3) is 4.04. The molecule has 1 fully saturated rings. The van der Waals surface area contributed by atoms with Gasteiger partial charge in [0, 0.05) is 6.54 Å². The second-order valence-corrected chi connectivity index (χ2v) is 7.15. The van der Waals surface area contributed by atoms with E-state index in [2.05, 4.69) is 16.7 Å². The van der Waals surface area contributed by atoms with Crippen LogP contribution in [0.2, 0.25) is 0 Å². The zero-order valence-electron chi connectivity index (χ0n) is 15.8. The van der Waals surface area contributed by atoms with Crippen molar-refractivity contribution in [2.45, 2.75) is 51.0 Å². The molecule has 6 nitrogen and oxygen atoms in total. The molecule has 0 saturated carbocycles. The highest BCUT2D eigenvalue weighted by atomic mass is 16.2. The Morgan fingerprint density at radius 2 is 2.00 bits per heavy atom. The van der Waals surface area contributed by atoms with Crippen LogP contribution in [0, 0.1) is 0 Å². The van der Waals surface area contributed by atoms with Crippen molar-refractivity contribution in [3.8, 4) is 0 Å². The van der Waals surface area contributed by atoms with Crippen LogP contribution in [0.4, 0.5) is 4.79 Å². The van der Waals surface area contributed by atoms with Gasteiger partial charge < -0.3 is 10.6 Å². The van der Waals surface area contributed by atoms with Crippen LogP contribution in [0.3, 0.4) is 0 Å². The van der Waals surface area contributed by atoms with Crippen LogP contribution < -0.4 is 10.6 Å². The van der Waals surface area contributed by atoms with Crippen LogP contribution in [0.25, 0.3) is 0 Å². The van der Waals surface area contributed by atoms with Crippen LogP contribution >= 0.6 is 0 Å². The van der Waals surface area contributed by atoms with Crippen LogP contribution in [0.15, 0.2) is 42.0 Å². The fourth-order valence-corrected chi connectivity index (χ4v) is 3.83. The van der Waals surface area contributed by atoms with Crippen molar-refractivity contribution >= 4 is 17.8 Å². The summed E-state index contributed by atoms with van der Waals surface area (Å²) in [5.41, 5.74) is 1.02. The van der Waals surface area contributed by atoms with Gasteiger partial charge in [-0.25, -0.2) is 4.79 Å². The molecule has 0 unspecified atom stereocenters. The van der Waals surface area contributed by atoms with Gasteiger partial charge >= 0.3 is 6.03 Å². The van der Waals surface area contributed by atoms with E-state index in [1.165, 1.54) is 18.4 Å². The molecule has 0 radical (unpaired) electrons. The summed E-state index contributed by atoms with van der Waals surface area (Å²) in [4.78, 5) is 38.7. The normalized spacial score (nSPS) is 22.4. The average Bonchev–Trinajstić information content (AvgIpc) is 2.94. The van der Waals surface area contributed by atoms with Crippen molar-refractivity contribution in [1.82, 2.24) is 15.5 Å². The Labute approximate surface area is 160 Å². The maximum Gasteiger partial charge on any atom is 0.325 e. The van der Waals surface area contributed by atoms with Crippen molar-refractivity contribution in [2.75, 3.05) is 13.1 Å². The van der Waals surface area contributed by atoms with E-state index in [1.54, 1.807) is 0 Å². The van der Waals surface area contributed by atoms with E-state index in [1.807, 2.05) is 37.3 Å². The van der Waals surface area contributed by atoms with E-state index in [4.69, 9.17) is 0 Å². The second-order valence-electron chi connectivity index (χ2n) is 7.15. The lowest BCUT2D eigenvalue weighted by Gasteiger charge is -2.25. The molecule has 6 heteroatoms. The minimum absolute atomic E-state index is 0.252. The molecule has 1 aromatic carbocycles. The molecule has 27 heavy (non-hydrogen) atoms. The lowest BCUT2D eigenvalue weighted by molar-refractivity contribution is -0.135. The number of carbonyl (C=O) groups is 3. The first kappa shape index (κ1) is 19.1. The van der Waals surface area contributed by atoms with E-state index in [0.717, 1.165) is 29.7 Å². The number of amides is 4. The summed E-state index contributed by atoms with van der Waals surface area (Å²) in [7, 11) is 0. The molecule has 1 aliphatic carbocycles. The molecule has 0 bridgehead atoms. The van der Waals surface area contributed by atoms with Gasteiger partial charge in [0.15, 0.2) is 0 Å². The van der Waals surface area contributed by atoms with Gasteiger partial charge in [-0.1, -0.05) is 48.9 Å². The van der Waals surface area contributed by atoms with E-state index < -0.39 is 11.6 Å². The van der Waals surface area contributed by atoms with Gasteiger partial charge in [0.25, 0.3) is 5.91 Å². The number of nitrogens with one attached hydrogen (secondary N) is 2. The molecule has 1 aromatic rings. The molecule has 0 spiro atoms. The van der Waals surface area contributed by atoms with Crippen molar-refractivity contribution in [2.24, 2.45) is 0 Å². The minimum atomic E-state index is -1.09. The number of urea groups is 1. The van der Waals surface area contributed by atoms with Gasteiger partial charge in [-0.2, -0.15) is 0 Å². The number of nitrogens with zero attached hydrogens (tertiary/aromatic N) is 1. The predicted octanol–water partition coefficient (Wildman–Crippen LogP) is 2.85. The SMILES string of the molecule is CC[C@]1(c2ccccc2)NC(=O)N(CC(=O)NCCC2=CCCCC2)C1=O. The number of benzene rings is 1. The maximum atomic E-state index is 13.0. The minimum Gasteiger partial charge on any atom is -0.354 e. The summed E-state index contributed by atoms with van der Waals surface area (Å²) in [6.07, 6.45) is 8.16. The standard InChI is InChI=1S/C21H27N3O3/c1-2-21(17-11-7-4-8-12-17)19(26)24(20(27)23-21)15-18(25)22-14-13-16-9-5-3-6-10-16/h4,7-9,11-12H,2-3,5-6,10,13-15H2,1H3,(H,22,25)(H,23,27)/t21-/m1/s1. The van der Waals surface area contributed by atoms with Gasteiger partial charge in [-0.05, 0) is 44.1 Å². The van der Waals surface area contributed by atoms with Gasteiger partial charge in [0.05, 0.1) is 0 Å². The summed E-state index contributed by atoms with van der Waals surface area (Å²) in [6.45, 7) is 2.14. The molecule has 1 heterocycles. The fraction of sp³-hybridized carbons (Fsp3) is 0.476. The van der Waals surface area contributed by atoms with Crippen LogP contribution in [-0.4, -0.2) is 35.8 Å². The van der Waals surface area contributed by atoms with E-state index in [0.29, 0.717) is 13.0 Å². The molecular weight excluding hydrogens is 342 g/mol. The van der Waals surface area contributed by atoms with Crippen LogP contribution in [0.1, 0.15) is 51.0 Å². The lowest BCUT2D eigenvalue weighted by Crippen LogP contribution is -2.44. The summed E-state index contributed by atoms with van der Waals surface area (Å²) in [6, 6.07) is 8.66. The second kappa shape index (κ2) is 8.37. The van der Waals surface area contributed by atoms with Crippen LogP contribution in [-0.2, 0) is 15.1 Å². The monoisotopic (exact) mass is 369 g/mol. The molecular formula is C21H27N3O3. The Balaban J connectivity index is 1.60. The van der Waals surface area contributed by atoms with E-state index in [9.17, 15) is 14.4 Å². The topological polar surface area (TPSA) is 78.5 Å². The quantitative estimate of drug-likeness (QED) is 0.573. The maximum absolute atomic E-state index is 13.0. The summed E-state index contributed by atoms with van der Waals surface area (Å²) in [5.74, 6) is -0.679. The summed E-state index contributed by atoms with van der Waals surface area (Å²) < 4.78 is 0. The Morgan fingerprint density at radius 3 is 2.67 bits per heavy atom. The van der Waals surface area contributed by atoms with Crippen molar-refractivity contribution in [1.29, 1.82) is 0 Å². The van der Waals surface area contributed by atoms with Gasteiger partial charge in [-0.15, -0.1) is 0 Å². The smallest absolute Gasteiger partial charge is 0.325 e. The Bertz CT molecular complexity index is 744. The number of imide groups is 1. The zero-order valence-corrected chi connectivity index (χ0v) is 15.8. The average molecular weight is 369 g/mol. The number of rotatable bonds is 7. The van der Waals surface area contributed by atoms with Gasteiger partial charge in [-0.3, -0.25) is 14.5 Å². The number of allylic oxidation sites excluding steroid dienone is 1. The number of hydrogen-bond donors (Lipinski definition) is 2. The molecule has 1 saturated heterocycles. The molecule has 4 amide bonds. The first-order valence-electron chi connectivity index (χ1n) is 9.71. The number of hydrogen-bond acceptors (Lipinski definition) is 3. The molecule has 144 valence electrons. The van der Waals surface area contributed by atoms with Crippen molar-refractivity contribution < 1.29 is 14.4 Å². The number of carbonyl (C=O) groups excluding carboxylic acids is 3. The molecule has 2 N–H and O–H groups in total. The van der Waals surface area contributed by atoms with Gasteiger partial charge in [0.2, 0.25) is 5.91 Å². The molecule has 1 aliphatic heterocycles. The van der Waals surface area contributed by atoms with Gasteiger partial charge in [0.1, 0.15) is 12.1 Å². The molecule has 1 atom stereocenters. The zero-order chi connectivity index (χ0) is 19.3. The van der Waals surface area contributed by atoms with Crippen molar-refractivity contribution in [3.05, 3.63) is 47.5 Å². The third-order valence-electron chi connectivity index (χ3n) is 5.43. The fourth-order valence-electron chi connectivity index (χ4n) is 3.83. The Morgan fingerprint density at radius 1 is 1.22 bits per heavy atom. The predicted molar refractivity (Wildman–Crippen MR) is 103 cm³/mol. The molecule has 2 aliphatic rings. The highest BCUT2D eigenvalue weighted by molar-refractivity contribution is 6.09. The van der Waals surface area contributed by atoms with E-state index >= 15 is 0 Å².